The summed E-state index contributed by atoms with van der Waals surface area (Å²) in [4.78, 5) is 7.84. The van der Waals surface area contributed by atoms with Crippen LogP contribution in [0.5, 0.6) is 0 Å². The van der Waals surface area contributed by atoms with Gasteiger partial charge in [-0.2, -0.15) is 0 Å². The van der Waals surface area contributed by atoms with Crippen LogP contribution in [0.2, 0.25) is 0 Å². The Morgan fingerprint density at radius 3 is 3.00 bits per heavy atom. The van der Waals surface area contributed by atoms with Crippen LogP contribution in [0.1, 0.15) is 44.9 Å². The van der Waals surface area contributed by atoms with Gasteiger partial charge < -0.3 is 14.7 Å². The van der Waals surface area contributed by atoms with Crippen LogP contribution >= 0.6 is 0 Å². The molecule has 146 valence electrons. The van der Waals surface area contributed by atoms with E-state index in [2.05, 4.69) is 31.3 Å². The van der Waals surface area contributed by atoms with Gasteiger partial charge in [-0.15, -0.1) is 0 Å². The lowest BCUT2D eigenvalue weighted by Crippen LogP contribution is -2.41. The molecule has 0 aromatic heterocycles. The SMILES string of the molecule is CON1C=CC23CC(CCCN(C)C)CC[C@@H]2OC2=C3[C@H](C[C@@H](O)C2)C1. The van der Waals surface area contributed by atoms with Crippen molar-refractivity contribution < 1.29 is 14.7 Å². The Bertz CT molecular complexity index is 588. The minimum absolute atomic E-state index is 0.0223. The molecule has 1 saturated carbocycles. The van der Waals surface area contributed by atoms with Gasteiger partial charge in [0.1, 0.15) is 6.10 Å². The third-order valence-corrected chi connectivity index (χ3v) is 6.90. The average Bonchev–Trinajstić information content (AvgIpc) is 2.82. The second-order valence-electron chi connectivity index (χ2n) is 8.97. The molecule has 0 amide bonds. The topological polar surface area (TPSA) is 45.2 Å². The first-order valence-electron chi connectivity index (χ1n) is 10.2. The van der Waals surface area contributed by atoms with E-state index >= 15 is 0 Å². The van der Waals surface area contributed by atoms with Crippen molar-refractivity contribution in [1.29, 1.82) is 0 Å². The van der Waals surface area contributed by atoms with Crippen molar-refractivity contribution in [1.82, 2.24) is 9.96 Å². The van der Waals surface area contributed by atoms with Crippen LogP contribution in [0.25, 0.3) is 0 Å². The van der Waals surface area contributed by atoms with Crippen molar-refractivity contribution in [3.63, 3.8) is 0 Å². The van der Waals surface area contributed by atoms with Crippen LogP contribution in [-0.4, -0.2) is 61.6 Å². The Morgan fingerprint density at radius 1 is 1.38 bits per heavy atom. The summed E-state index contributed by atoms with van der Waals surface area (Å²) in [5.41, 5.74) is 1.51. The van der Waals surface area contributed by atoms with Gasteiger partial charge in [0.05, 0.1) is 30.9 Å². The summed E-state index contributed by atoms with van der Waals surface area (Å²) in [6.07, 6.45) is 12.1. The predicted molar refractivity (Wildman–Crippen MR) is 101 cm³/mol. The van der Waals surface area contributed by atoms with Crippen molar-refractivity contribution in [2.45, 2.75) is 57.2 Å². The normalized spacial score (nSPS) is 38.9. The lowest BCUT2D eigenvalue weighted by molar-refractivity contribution is -0.0967. The Morgan fingerprint density at radius 2 is 2.23 bits per heavy atom. The van der Waals surface area contributed by atoms with Gasteiger partial charge in [0.15, 0.2) is 0 Å². The summed E-state index contributed by atoms with van der Waals surface area (Å²) in [5, 5.41) is 12.3. The van der Waals surface area contributed by atoms with E-state index < -0.39 is 0 Å². The van der Waals surface area contributed by atoms with E-state index in [-0.39, 0.29) is 17.6 Å². The molecular formula is C21H34N2O3. The van der Waals surface area contributed by atoms with Crippen LogP contribution in [0.3, 0.4) is 0 Å². The number of hydrogen-bond donors (Lipinski definition) is 1. The zero-order chi connectivity index (χ0) is 18.3. The van der Waals surface area contributed by atoms with Gasteiger partial charge in [-0.25, -0.2) is 0 Å². The number of aliphatic hydroxyl groups excluding tert-OH is 1. The summed E-state index contributed by atoms with van der Waals surface area (Å²) >= 11 is 0. The van der Waals surface area contributed by atoms with Gasteiger partial charge in [-0.05, 0) is 70.7 Å². The Balaban J connectivity index is 1.61. The largest absolute Gasteiger partial charge is 0.493 e. The van der Waals surface area contributed by atoms with Crippen LogP contribution in [0, 0.1) is 17.3 Å². The fourth-order valence-electron chi connectivity index (χ4n) is 5.81. The molecule has 0 bridgehead atoms. The zero-order valence-electron chi connectivity index (χ0n) is 16.5. The van der Waals surface area contributed by atoms with Gasteiger partial charge in [0.2, 0.25) is 0 Å². The van der Waals surface area contributed by atoms with E-state index in [9.17, 15) is 5.11 Å². The van der Waals surface area contributed by atoms with Crippen LogP contribution < -0.4 is 0 Å². The smallest absolute Gasteiger partial charge is 0.111 e. The Hall–Kier alpha value is -1.04. The first-order chi connectivity index (χ1) is 12.5. The van der Waals surface area contributed by atoms with Gasteiger partial charge in [0, 0.05) is 18.5 Å². The molecule has 0 aromatic rings. The first kappa shape index (κ1) is 18.3. The number of nitrogens with zero attached hydrogens (tertiary/aromatic N) is 2. The molecule has 0 radical (unpaired) electrons. The molecular weight excluding hydrogens is 328 g/mol. The molecule has 4 aliphatic rings. The number of hydrogen-bond acceptors (Lipinski definition) is 5. The number of rotatable bonds is 5. The molecule has 0 aromatic carbocycles. The molecule has 2 aliphatic carbocycles. The third kappa shape index (κ3) is 3.19. The maximum Gasteiger partial charge on any atom is 0.111 e. The quantitative estimate of drug-likeness (QED) is 0.815. The molecule has 4 rings (SSSR count). The van der Waals surface area contributed by atoms with E-state index in [1.54, 1.807) is 7.11 Å². The number of aliphatic hydroxyl groups is 1. The second kappa shape index (κ2) is 7.17. The standard InChI is InChI=1S/C21H34N2O3/c1-22(2)9-4-5-15-6-7-19-21(13-15)8-10-23(25-3)14-16-11-17(24)12-18(26-19)20(16)21/h8,10,15-17,19,24H,4-7,9,11-14H2,1-3H3/t15?,16-,17-,19+,21?/m1/s1. The minimum Gasteiger partial charge on any atom is -0.493 e. The summed E-state index contributed by atoms with van der Waals surface area (Å²) < 4.78 is 6.46. The highest BCUT2D eigenvalue weighted by Gasteiger charge is 2.56. The summed E-state index contributed by atoms with van der Waals surface area (Å²) in [5.74, 6) is 2.18. The highest BCUT2D eigenvalue weighted by atomic mass is 16.7. The van der Waals surface area contributed by atoms with Gasteiger partial charge in [-0.1, -0.05) is 6.08 Å². The van der Waals surface area contributed by atoms with Crippen molar-refractivity contribution in [3.05, 3.63) is 23.6 Å². The number of hydroxylamine groups is 2. The molecule has 5 heteroatoms. The second-order valence-corrected chi connectivity index (χ2v) is 8.97. The van der Waals surface area contributed by atoms with Crippen molar-refractivity contribution in [3.8, 4) is 0 Å². The molecule has 26 heavy (non-hydrogen) atoms. The van der Waals surface area contributed by atoms with E-state index in [1.165, 1.54) is 37.8 Å². The van der Waals surface area contributed by atoms with Crippen molar-refractivity contribution in [2.75, 3.05) is 34.3 Å². The lowest BCUT2D eigenvalue weighted by Gasteiger charge is -2.42. The molecule has 2 unspecified atom stereocenters. The predicted octanol–water partition coefficient (Wildman–Crippen LogP) is 2.93. The highest BCUT2D eigenvalue weighted by Crippen LogP contribution is 2.59. The van der Waals surface area contributed by atoms with E-state index in [4.69, 9.17) is 9.57 Å². The molecule has 5 nitrogen and oxygen atoms in total. The maximum atomic E-state index is 10.4. The molecule has 5 atom stereocenters. The molecule has 2 aliphatic heterocycles. The Labute approximate surface area is 157 Å². The summed E-state index contributed by atoms with van der Waals surface area (Å²) in [6, 6.07) is 0. The number of ether oxygens (including phenoxy) is 1. The van der Waals surface area contributed by atoms with Crippen LogP contribution in [0.4, 0.5) is 0 Å². The fraction of sp³-hybridized carbons (Fsp3) is 0.810. The zero-order valence-corrected chi connectivity index (χ0v) is 16.5. The van der Waals surface area contributed by atoms with Gasteiger partial charge in [0.25, 0.3) is 0 Å². The lowest BCUT2D eigenvalue weighted by atomic mass is 9.60. The third-order valence-electron chi connectivity index (χ3n) is 6.90. The van der Waals surface area contributed by atoms with E-state index in [0.29, 0.717) is 12.3 Å². The molecule has 1 spiro atoms. The average molecular weight is 363 g/mol. The molecule has 0 saturated heterocycles. The first-order valence-corrected chi connectivity index (χ1v) is 10.2. The maximum absolute atomic E-state index is 10.4. The van der Waals surface area contributed by atoms with E-state index in [0.717, 1.165) is 31.1 Å². The van der Waals surface area contributed by atoms with E-state index in [1.807, 2.05) is 5.06 Å². The highest BCUT2D eigenvalue weighted by molar-refractivity contribution is 5.38. The molecule has 1 N–H and O–H groups in total. The summed E-state index contributed by atoms with van der Waals surface area (Å²) in [6.45, 7) is 1.98. The minimum atomic E-state index is -0.288. The Kier molecular flexibility index (Phi) is 5.06. The van der Waals surface area contributed by atoms with Gasteiger partial charge in [-0.3, -0.25) is 9.90 Å². The fourth-order valence-corrected chi connectivity index (χ4v) is 5.81. The monoisotopic (exact) mass is 362 g/mol. The molecule has 1 fully saturated rings. The van der Waals surface area contributed by atoms with Gasteiger partial charge >= 0.3 is 0 Å². The van der Waals surface area contributed by atoms with Crippen LogP contribution in [-0.2, 0) is 9.57 Å². The van der Waals surface area contributed by atoms with Crippen molar-refractivity contribution >= 4 is 0 Å². The summed E-state index contributed by atoms with van der Waals surface area (Å²) in [7, 11) is 6.04. The molecule has 2 heterocycles. The van der Waals surface area contributed by atoms with Crippen LogP contribution in [0.15, 0.2) is 23.6 Å². The van der Waals surface area contributed by atoms with Crippen molar-refractivity contribution in [2.24, 2.45) is 17.3 Å².